The average molecular weight is 323 g/mol. The van der Waals surface area contributed by atoms with Gasteiger partial charge in [0.2, 0.25) is 0 Å². The smallest absolute Gasteiger partial charge is 0.388 e. The molecule has 1 heterocycles. The molecule has 0 bridgehead atoms. The van der Waals surface area contributed by atoms with Crippen molar-refractivity contribution in [2.45, 2.75) is 50.5 Å². The maximum absolute atomic E-state index is 12.8. The van der Waals surface area contributed by atoms with E-state index in [0.717, 1.165) is 0 Å². The highest BCUT2D eigenvalue weighted by Gasteiger charge is 2.46. The Labute approximate surface area is 128 Å². The van der Waals surface area contributed by atoms with E-state index in [1.54, 1.807) is 0 Å². The Bertz CT molecular complexity index is 417. The van der Waals surface area contributed by atoms with E-state index in [2.05, 4.69) is 4.99 Å². The molecule has 0 spiro atoms. The zero-order valence-electron chi connectivity index (χ0n) is 12.8. The van der Waals surface area contributed by atoms with Crippen LogP contribution in [0.3, 0.4) is 0 Å². The molecule has 3 atom stereocenters. The molecule has 1 saturated carbocycles. The number of guanidine groups is 1. The number of nitrogens with two attached hydrogens (primary N) is 1. The quantitative estimate of drug-likeness (QED) is 0.597. The van der Waals surface area contributed by atoms with Gasteiger partial charge in [0.05, 0.1) is 30.8 Å². The lowest BCUT2D eigenvalue weighted by molar-refractivity contribution is -0.199. The van der Waals surface area contributed by atoms with Crippen molar-refractivity contribution in [3.05, 3.63) is 0 Å². The second-order valence-electron chi connectivity index (χ2n) is 6.36. The van der Waals surface area contributed by atoms with Crippen molar-refractivity contribution in [1.82, 2.24) is 4.90 Å². The zero-order valence-corrected chi connectivity index (χ0v) is 12.8. The van der Waals surface area contributed by atoms with Crippen molar-refractivity contribution in [1.29, 1.82) is 0 Å². The first kappa shape index (κ1) is 17.3. The summed E-state index contributed by atoms with van der Waals surface area (Å²) in [6, 6.07) is 0. The molecule has 8 heteroatoms. The lowest BCUT2D eigenvalue weighted by Crippen LogP contribution is -2.49. The second-order valence-corrected chi connectivity index (χ2v) is 6.36. The van der Waals surface area contributed by atoms with Crippen molar-refractivity contribution in [3.63, 3.8) is 0 Å². The summed E-state index contributed by atoms with van der Waals surface area (Å²) in [5.41, 5.74) is 4.48. The van der Waals surface area contributed by atoms with E-state index in [9.17, 15) is 18.3 Å². The topological polar surface area (TPSA) is 71.1 Å². The van der Waals surface area contributed by atoms with Crippen LogP contribution in [0.15, 0.2) is 4.99 Å². The predicted molar refractivity (Wildman–Crippen MR) is 76.4 cm³/mol. The van der Waals surface area contributed by atoms with E-state index in [0.29, 0.717) is 32.5 Å². The van der Waals surface area contributed by atoms with Crippen LogP contribution in [0.4, 0.5) is 13.2 Å². The van der Waals surface area contributed by atoms with Crippen LogP contribution in [0.2, 0.25) is 0 Å². The molecule has 2 fully saturated rings. The van der Waals surface area contributed by atoms with Gasteiger partial charge in [0.1, 0.15) is 0 Å². The number of hydrogen-bond acceptors (Lipinski definition) is 3. The Morgan fingerprint density at radius 1 is 1.50 bits per heavy atom. The molecule has 0 aromatic carbocycles. The average Bonchev–Trinajstić information content (AvgIpc) is 2.44. The number of morpholine rings is 1. The van der Waals surface area contributed by atoms with Crippen molar-refractivity contribution in [3.8, 4) is 0 Å². The van der Waals surface area contributed by atoms with Gasteiger partial charge in [-0.2, -0.15) is 13.2 Å². The van der Waals surface area contributed by atoms with E-state index in [1.807, 2.05) is 11.8 Å². The molecule has 0 radical (unpaired) electrons. The fourth-order valence-corrected chi connectivity index (χ4v) is 3.12. The summed E-state index contributed by atoms with van der Waals surface area (Å²) in [4.78, 5) is 5.98. The molecular weight excluding hydrogens is 299 g/mol. The normalized spacial score (nSPS) is 34.8. The molecule has 2 aliphatic rings. The van der Waals surface area contributed by atoms with Gasteiger partial charge in [-0.15, -0.1) is 0 Å². The number of alkyl halides is 3. The lowest BCUT2D eigenvalue weighted by Gasteiger charge is -2.37. The lowest BCUT2D eigenvalue weighted by atomic mass is 9.78. The van der Waals surface area contributed by atoms with E-state index < -0.39 is 17.7 Å². The zero-order chi connectivity index (χ0) is 16.4. The van der Waals surface area contributed by atoms with Crippen LogP contribution in [0, 0.1) is 5.92 Å². The molecule has 2 rings (SSSR count). The van der Waals surface area contributed by atoms with E-state index in [4.69, 9.17) is 10.5 Å². The van der Waals surface area contributed by atoms with Crippen molar-refractivity contribution >= 4 is 5.96 Å². The van der Waals surface area contributed by atoms with Crippen molar-refractivity contribution in [2.75, 3.05) is 26.2 Å². The Hall–Kier alpha value is -1.02. The van der Waals surface area contributed by atoms with Gasteiger partial charge in [0.25, 0.3) is 0 Å². The maximum atomic E-state index is 12.8. The van der Waals surface area contributed by atoms with Crippen LogP contribution in [0.25, 0.3) is 0 Å². The molecule has 3 N–H and O–H groups in total. The van der Waals surface area contributed by atoms with Gasteiger partial charge in [-0.05, 0) is 32.6 Å². The number of aliphatic hydroxyl groups is 1. The molecule has 128 valence electrons. The van der Waals surface area contributed by atoms with Gasteiger partial charge in [-0.1, -0.05) is 0 Å². The first-order valence-corrected chi connectivity index (χ1v) is 7.65. The summed E-state index contributed by atoms with van der Waals surface area (Å²) in [5.74, 6) is -1.19. The minimum Gasteiger partial charge on any atom is -0.388 e. The number of hydrogen-bond donors (Lipinski definition) is 2. The Morgan fingerprint density at radius 3 is 2.86 bits per heavy atom. The van der Waals surface area contributed by atoms with Crippen LogP contribution in [-0.2, 0) is 4.74 Å². The Morgan fingerprint density at radius 2 is 2.23 bits per heavy atom. The van der Waals surface area contributed by atoms with Gasteiger partial charge in [-0.3, -0.25) is 4.99 Å². The highest BCUT2D eigenvalue weighted by atomic mass is 19.4. The minimum absolute atomic E-state index is 0.0369. The second kappa shape index (κ2) is 6.62. The number of halogens is 3. The molecular formula is C14H24F3N3O2. The third kappa shape index (κ3) is 4.49. The highest BCUT2D eigenvalue weighted by Crippen LogP contribution is 2.41. The van der Waals surface area contributed by atoms with Crippen LogP contribution in [0.5, 0.6) is 0 Å². The van der Waals surface area contributed by atoms with Gasteiger partial charge in [0.15, 0.2) is 5.96 Å². The first-order valence-electron chi connectivity index (χ1n) is 7.65. The van der Waals surface area contributed by atoms with E-state index >= 15 is 0 Å². The fourth-order valence-electron chi connectivity index (χ4n) is 3.12. The van der Waals surface area contributed by atoms with Gasteiger partial charge in [0, 0.05) is 13.1 Å². The third-order valence-corrected chi connectivity index (χ3v) is 4.38. The first-order chi connectivity index (χ1) is 10.2. The summed E-state index contributed by atoms with van der Waals surface area (Å²) >= 11 is 0. The molecule has 5 nitrogen and oxygen atoms in total. The van der Waals surface area contributed by atoms with Crippen LogP contribution in [-0.4, -0.2) is 60.1 Å². The SMILES string of the molecule is CC1CN(C(N)=NCC2(O)CCCC(C(F)(F)F)C2)CCO1. The predicted octanol–water partition coefficient (Wildman–Crippen LogP) is 1.51. The van der Waals surface area contributed by atoms with Crippen molar-refractivity contribution < 1.29 is 23.0 Å². The van der Waals surface area contributed by atoms with E-state index in [-0.39, 0.29) is 31.4 Å². The summed E-state index contributed by atoms with van der Waals surface area (Å²) < 4.78 is 43.9. The van der Waals surface area contributed by atoms with Crippen LogP contribution < -0.4 is 5.73 Å². The van der Waals surface area contributed by atoms with Crippen LogP contribution in [0.1, 0.15) is 32.6 Å². The van der Waals surface area contributed by atoms with E-state index in [1.165, 1.54) is 0 Å². The number of aliphatic imine (C=N–C) groups is 1. The number of nitrogens with zero attached hydrogens (tertiary/aromatic N) is 2. The standard InChI is InChI=1S/C14H24F3N3O2/c1-10-8-20(5-6-22-10)12(18)19-9-13(21)4-2-3-11(7-13)14(15,16)17/h10-11,21H,2-9H2,1H3,(H2,18,19). The maximum Gasteiger partial charge on any atom is 0.391 e. The molecule has 0 amide bonds. The number of ether oxygens (including phenoxy) is 1. The summed E-state index contributed by atoms with van der Waals surface area (Å²) in [6.07, 6.45) is -3.77. The summed E-state index contributed by atoms with van der Waals surface area (Å²) in [7, 11) is 0. The Balaban J connectivity index is 1.95. The highest BCUT2D eigenvalue weighted by molar-refractivity contribution is 5.78. The summed E-state index contributed by atoms with van der Waals surface area (Å²) in [5, 5.41) is 10.4. The van der Waals surface area contributed by atoms with Gasteiger partial charge < -0.3 is 20.5 Å². The molecule has 22 heavy (non-hydrogen) atoms. The number of rotatable bonds is 2. The minimum atomic E-state index is -4.26. The summed E-state index contributed by atoms with van der Waals surface area (Å²) in [6.45, 7) is 3.57. The molecule has 0 aromatic rings. The Kier molecular flexibility index (Phi) is 5.21. The van der Waals surface area contributed by atoms with Crippen molar-refractivity contribution in [2.24, 2.45) is 16.6 Å². The molecule has 0 aromatic heterocycles. The fraction of sp³-hybridized carbons (Fsp3) is 0.929. The molecule has 1 saturated heterocycles. The molecule has 1 aliphatic carbocycles. The monoisotopic (exact) mass is 323 g/mol. The molecule has 3 unspecified atom stereocenters. The van der Waals surface area contributed by atoms with Crippen LogP contribution >= 0.6 is 0 Å². The third-order valence-electron chi connectivity index (χ3n) is 4.38. The van der Waals surface area contributed by atoms with Gasteiger partial charge >= 0.3 is 6.18 Å². The largest absolute Gasteiger partial charge is 0.391 e. The molecule has 1 aliphatic heterocycles. The van der Waals surface area contributed by atoms with Gasteiger partial charge in [-0.25, -0.2) is 0 Å².